The van der Waals surface area contributed by atoms with Gasteiger partial charge in [0, 0.05) is 12.3 Å². The zero-order valence-electron chi connectivity index (χ0n) is 11.3. The molecule has 2 rings (SSSR count). The number of benzene rings is 1. The summed E-state index contributed by atoms with van der Waals surface area (Å²) in [6, 6.07) is 6.87. The summed E-state index contributed by atoms with van der Waals surface area (Å²) in [6.07, 6.45) is 0.972. The van der Waals surface area contributed by atoms with Gasteiger partial charge in [-0.15, -0.1) is 0 Å². The second kappa shape index (κ2) is 6.91. The normalized spacial score (nSPS) is 17.6. The average Bonchev–Trinajstić information content (AvgIpc) is 3.00. The lowest BCUT2D eigenvalue weighted by Gasteiger charge is -2.10. The summed E-state index contributed by atoms with van der Waals surface area (Å²) in [7, 11) is 1.57. The molecule has 1 saturated heterocycles. The van der Waals surface area contributed by atoms with E-state index in [9.17, 15) is 9.59 Å². The van der Waals surface area contributed by atoms with Crippen LogP contribution in [0.5, 0.6) is 5.75 Å². The largest absolute Gasteiger partial charge is 0.497 e. The molecule has 1 heterocycles. The minimum atomic E-state index is -0.524. The van der Waals surface area contributed by atoms with Crippen LogP contribution in [0.25, 0.3) is 0 Å². The van der Waals surface area contributed by atoms with Crippen LogP contribution in [0.3, 0.4) is 0 Å². The standard InChI is InChI=1S/C14H17NO5/c1-18-11-6-4-10(5-7-11)15-13(16)9-20-14(17)12-3-2-8-19-12/h4-7,12H,2-3,8-9H2,1H3,(H,15,16)/t12-/m1/s1. The SMILES string of the molecule is COc1ccc(NC(=O)COC(=O)[C@H]2CCCO2)cc1. The predicted molar refractivity (Wildman–Crippen MR) is 71.6 cm³/mol. The van der Waals surface area contributed by atoms with Crippen molar-refractivity contribution in [2.75, 3.05) is 25.6 Å². The molecule has 1 aliphatic rings. The van der Waals surface area contributed by atoms with Crippen molar-refractivity contribution in [3.8, 4) is 5.75 Å². The number of methoxy groups -OCH3 is 1. The van der Waals surface area contributed by atoms with Crippen molar-refractivity contribution in [2.24, 2.45) is 0 Å². The van der Waals surface area contributed by atoms with Gasteiger partial charge in [0.2, 0.25) is 0 Å². The number of carbonyl (C=O) groups excluding carboxylic acids is 2. The molecule has 0 spiro atoms. The number of amides is 1. The quantitative estimate of drug-likeness (QED) is 0.824. The lowest BCUT2D eigenvalue weighted by Crippen LogP contribution is -2.27. The van der Waals surface area contributed by atoms with E-state index in [2.05, 4.69) is 5.32 Å². The molecular formula is C14H17NO5. The van der Waals surface area contributed by atoms with Crippen LogP contribution in [0, 0.1) is 0 Å². The van der Waals surface area contributed by atoms with Gasteiger partial charge in [-0.25, -0.2) is 4.79 Å². The minimum absolute atomic E-state index is 0.315. The maximum atomic E-state index is 11.6. The van der Waals surface area contributed by atoms with Crippen molar-refractivity contribution in [1.29, 1.82) is 0 Å². The maximum Gasteiger partial charge on any atom is 0.335 e. The van der Waals surface area contributed by atoms with Crippen LogP contribution in [-0.2, 0) is 19.1 Å². The second-order valence-electron chi connectivity index (χ2n) is 4.39. The van der Waals surface area contributed by atoms with Crippen LogP contribution in [0.2, 0.25) is 0 Å². The Hall–Kier alpha value is -2.08. The lowest BCUT2D eigenvalue weighted by atomic mass is 10.2. The Labute approximate surface area is 117 Å². The molecule has 0 saturated carbocycles. The van der Waals surface area contributed by atoms with Crippen LogP contribution in [0.1, 0.15) is 12.8 Å². The third-order valence-electron chi connectivity index (χ3n) is 2.91. The first kappa shape index (κ1) is 14.3. The Kier molecular flexibility index (Phi) is 4.95. The van der Waals surface area contributed by atoms with E-state index in [0.29, 0.717) is 24.5 Å². The summed E-state index contributed by atoms with van der Waals surface area (Å²) in [4.78, 5) is 23.2. The molecule has 6 nitrogen and oxygen atoms in total. The summed E-state index contributed by atoms with van der Waals surface area (Å²) in [6.45, 7) is 0.253. The fraction of sp³-hybridized carbons (Fsp3) is 0.429. The molecule has 1 aliphatic heterocycles. The summed E-state index contributed by atoms with van der Waals surface area (Å²) in [5.41, 5.74) is 0.615. The van der Waals surface area contributed by atoms with Gasteiger partial charge >= 0.3 is 5.97 Å². The van der Waals surface area contributed by atoms with Crippen molar-refractivity contribution >= 4 is 17.6 Å². The molecule has 0 radical (unpaired) electrons. The topological polar surface area (TPSA) is 73.9 Å². The fourth-order valence-corrected chi connectivity index (χ4v) is 1.86. The van der Waals surface area contributed by atoms with Gasteiger partial charge in [0.05, 0.1) is 7.11 Å². The molecule has 1 fully saturated rings. The van der Waals surface area contributed by atoms with Gasteiger partial charge in [-0.2, -0.15) is 0 Å². The van der Waals surface area contributed by atoms with Gasteiger partial charge in [0.1, 0.15) is 5.75 Å². The summed E-state index contributed by atoms with van der Waals surface area (Å²) in [5, 5.41) is 2.63. The van der Waals surface area contributed by atoms with E-state index >= 15 is 0 Å². The van der Waals surface area contributed by atoms with Gasteiger partial charge in [0.15, 0.2) is 12.7 Å². The monoisotopic (exact) mass is 279 g/mol. The molecule has 0 bridgehead atoms. The number of hydrogen-bond acceptors (Lipinski definition) is 5. The van der Waals surface area contributed by atoms with Crippen molar-refractivity contribution in [3.05, 3.63) is 24.3 Å². The Bertz CT molecular complexity index is 465. The van der Waals surface area contributed by atoms with Gasteiger partial charge in [-0.05, 0) is 37.1 Å². The van der Waals surface area contributed by atoms with Crippen molar-refractivity contribution in [1.82, 2.24) is 0 Å². The number of nitrogens with one attached hydrogen (secondary N) is 1. The van der Waals surface area contributed by atoms with Gasteiger partial charge in [-0.3, -0.25) is 4.79 Å². The molecule has 1 atom stereocenters. The predicted octanol–water partition coefficient (Wildman–Crippen LogP) is 1.36. The lowest BCUT2D eigenvalue weighted by molar-refractivity contribution is -0.156. The molecule has 0 unspecified atom stereocenters. The van der Waals surface area contributed by atoms with E-state index in [1.165, 1.54) is 0 Å². The van der Waals surface area contributed by atoms with E-state index in [1.54, 1.807) is 31.4 Å². The first-order valence-electron chi connectivity index (χ1n) is 6.41. The third-order valence-corrected chi connectivity index (χ3v) is 2.91. The number of rotatable bonds is 5. The van der Waals surface area contributed by atoms with Crippen LogP contribution in [0.4, 0.5) is 5.69 Å². The Balaban J connectivity index is 1.75. The van der Waals surface area contributed by atoms with Gasteiger partial charge in [-0.1, -0.05) is 0 Å². The average molecular weight is 279 g/mol. The molecule has 1 aromatic rings. The molecule has 1 N–H and O–H groups in total. The van der Waals surface area contributed by atoms with E-state index in [0.717, 1.165) is 6.42 Å². The number of carbonyl (C=O) groups is 2. The Morgan fingerprint density at radius 2 is 2.10 bits per heavy atom. The molecule has 0 aliphatic carbocycles. The van der Waals surface area contributed by atoms with Crippen LogP contribution < -0.4 is 10.1 Å². The number of hydrogen-bond donors (Lipinski definition) is 1. The van der Waals surface area contributed by atoms with E-state index in [4.69, 9.17) is 14.2 Å². The van der Waals surface area contributed by atoms with Crippen molar-refractivity contribution in [3.63, 3.8) is 0 Å². The molecule has 20 heavy (non-hydrogen) atoms. The highest BCUT2D eigenvalue weighted by atomic mass is 16.6. The van der Waals surface area contributed by atoms with E-state index < -0.39 is 12.1 Å². The highest BCUT2D eigenvalue weighted by molar-refractivity contribution is 5.93. The molecule has 1 aromatic carbocycles. The Morgan fingerprint density at radius 1 is 1.35 bits per heavy atom. The van der Waals surface area contributed by atoms with Crippen LogP contribution in [0.15, 0.2) is 24.3 Å². The molecule has 108 valence electrons. The fourth-order valence-electron chi connectivity index (χ4n) is 1.86. The van der Waals surface area contributed by atoms with Crippen molar-refractivity contribution < 1.29 is 23.8 Å². The van der Waals surface area contributed by atoms with E-state index in [-0.39, 0.29) is 12.5 Å². The zero-order valence-corrected chi connectivity index (χ0v) is 11.3. The molecular weight excluding hydrogens is 262 g/mol. The number of anilines is 1. The molecule has 0 aromatic heterocycles. The first-order valence-corrected chi connectivity index (χ1v) is 6.41. The summed E-state index contributed by atoms with van der Waals surface area (Å²) in [5.74, 6) is -0.165. The maximum absolute atomic E-state index is 11.6. The zero-order chi connectivity index (χ0) is 14.4. The molecule has 6 heteroatoms. The molecule has 1 amide bonds. The second-order valence-corrected chi connectivity index (χ2v) is 4.39. The van der Waals surface area contributed by atoms with Gasteiger partial charge < -0.3 is 19.5 Å². The van der Waals surface area contributed by atoms with Gasteiger partial charge in [0.25, 0.3) is 5.91 Å². The smallest absolute Gasteiger partial charge is 0.335 e. The van der Waals surface area contributed by atoms with Crippen LogP contribution >= 0.6 is 0 Å². The summed E-state index contributed by atoms with van der Waals surface area (Å²) >= 11 is 0. The Morgan fingerprint density at radius 3 is 2.70 bits per heavy atom. The third kappa shape index (κ3) is 3.96. The first-order chi connectivity index (χ1) is 9.69. The highest BCUT2D eigenvalue weighted by Crippen LogP contribution is 2.15. The number of ether oxygens (including phenoxy) is 3. The highest BCUT2D eigenvalue weighted by Gasteiger charge is 2.25. The van der Waals surface area contributed by atoms with E-state index in [1.807, 2.05) is 0 Å². The van der Waals surface area contributed by atoms with Crippen molar-refractivity contribution in [2.45, 2.75) is 18.9 Å². The van der Waals surface area contributed by atoms with Crippen LogP contribution in [-0.4, -0.2) is 38.3 Å². The summed E-state index contributed by atoms with van der Waals surface area (Å²) < 4.78 is 15.1. The number of esters is 1. The minimum Gasteiger partial charge on any atom is -0.497 e.